The molecule has 1 amide bonds. The molecule has 0 bridgehead atoms. The lowest BCUT2D eigenvalue weighted by Gasteiger charge is -2.36. The molecule has 2 heterocycles. The molecule has 6 nitrogen and oxygen atoms in total. The molecular weight excluding hydrogens is 304 g/mol. The zero-order valence-electron chi connectivity index (χ0n) is 13.8. The maximum atomic E-state index is 12.6. The van der Waals surface area contributed by atoms with Crippen molar-refractivity contribution in [1.82, 2.24) is 9.88 Å². The Bertz CT molecular complexity index is 712. The third-order valence-electron chi connectivity index (χ3n) is 4.26. The Morgan fingerprint density at radius 3 is 2.71 bits per heavy atom. The van der Waals surface area contributed by atoms with Crippen LogP contribution in [0.2, 0.25) is 0 Å². The van der Waals surface area contributed by atoms with E-state index in [4.69, 9.17) is 10.5 Å². The number of benzene rings is 1. The minimum Gasteiger partial charge on any atom is -0.497 e. The molecule has 6 heteroatoms. The van der Waals surface area contributed by atoms with Crippen LogP contribution in [0.5, 0.6) is 5.75 Å². The van der Waals surface area contributed by atoms with E-state index >= 15 is 0 Å². The predicted molar refractivity (Wildman–Crippen MR) is 93.2 cm³/mol. The van der Waals surface area contributed by atoms with Crippen molar-refractivity contribution in [2.24, 2.45) is 5.73 Å². The van der Waals surface area contributed by atoms with E-state index < -0.39 is 0 Å². The van der Waals surface area contributed by atoms with E-state index in [1.165, 1.54) is 0 Å². The van der Waals surface area contributed by atoms with Crippen LogP contribution in [0, 0.1) is 0 Å². The van der Waals surface area contributed by atoms with Gasteiger partial charge in [0.05, 0.1) is 12.8 Å². The van der Waals surface area contributed by atoms with Crippen LogP contribution in [-0.2, 0) is 6.54 Å². The van der Waals surface area contributed by atoms with Crippen LogP contribution in [0.3, 0.4) is 0 Å². The maximum Gasteiger partial charge on any atom is 0.254 e. The highest BCUT2D eigenvalue weighted by Crippen LogP contribution is 2.22. The summed E-state index contributed by atoms with van der Waals surface area (Å²) in [6, 6.07) is 11.5. The summed E-state index contributed by atoms with van der Waals surface area (Å²) < 4.78 is 5.28. The summed E-state index contributed by atoms with van der Waals surface area (Å²) in [4.78, 5) is 20.9. The Labute approximate surface area is 141 Å². The van der Waals surface area contributed by atoms with Crippen LogP contribution in [-0.4, -0.2) is 49.1 Å². The first-order valence-corrected chi connectivity index (χ1v) is 8.04. The second-order valence-electron chi connectivity index (χ2n) is 5.72. The lowest BCUT2D eigenvalue weighted by molar-refractivity contribution is 0.0746. The summed E-state index contributed by atoms with van der Waals surface area (Å²) in [5.41, 5.74) is 8.11. The van der Waals surface area contributed by atoms with Gasteiger partial charge in [-0.05, 0) is 24.3 Å². The number of piperazine rings is 1. The van der Waals surface area contributed by atoms with Gasteiger partial charge >= 0.3 is 0 Å². The van der Waals surface area contributed by atoms with Crippen molar-refractivity contribution in [3.8, 4) is 5.75 Å². The van der Waals surface area contributed by atoms with Crippen LogP contribution in [0.15, 0.2) is 42.6 Å². The molecule has 1 aromatic heterocycles. The van der Waals surface area contributed by atoms with Gasteiger partial charge in [-0.25, -0.2) is 0 Å². The largest absolute Gasteiger partial charge is 0.497 e. The minimum atomic E-state index is 0.0393. The van der Waals surface area contributed by atoms with Crippen molar-refractivity contribution in [1.29, 1.82) is 0 Å². The van der Waals surface area contributed by atoms with E-state index in [-0.39, 0.29) is 5.91 Å². The molecule has 0 spiro atoms. The molecule has 3 rings (SSSR count). The molecule has 0 aliphatic carbocycles. The molecule has 2 N–H and O–H groups in total. The van der Waals surface area contributed by atoms with Gasteiger partial charge in [0.25, 0.3) is 5.91 Å². The fourth-order valence-corrected chi connectivity index (χ4v) is 2.88. The lowest BCUT2D eigenvalue weighted by Crippen LogP contribution is -2.48. The molecule has 1 aromatic carbocycles. The number of aromatic nitrogens is 1. The molecular formula is C18H22N4O2. The monoisotopic (exact) mass is 326 g/mol. The first-order chi connectivity index (χ1) is 11.7. The second kappa shape index (κ2) is 7.31. The summed E-state index contributed by atoms with van der Waals surface area (Å²) in [5.74, 6) is 0.884. The van der Waals surface area contributed by atoms with Gasteiger partial charge in [0.1, 0.15) is 5.75 Å². The molecule has 0 saturated carbocycles. The average Bonchev–Trinajstić information content (AvgIpc) is 2.67. The van der Waals surface area contributed by atoms with Gasteiger partial charge in [-0.2, -0.15) is 0 Å². The highest BCUT2D eigenvalue weighted by Gasteiger charge is 2.22. The number of ether oxygens (including phenoxy) is 1. The third kappa shape index (κ3) is 3.49. The summed E-state index contributed by atoms with van der Waals surface area (Å²) >= 11 is 0. The van der Waals surface area contributed by atoms with Gasteiger partial charge in [0, 0.05) is 56.2 Å². The number of nitrogens with two attached hydrogens (primary N) is 1. The number of nitrogens with zero attached hydrogens (tertiary/aromatic N) is 3. The molecule has 1 aliphatic heterocycles. The lowest BCUT2D eigenvalue weighted by atomic mass is 10.1. The normalized spacial score (nSPS) is 14.6. The number of amides is 1. The number of carbonyl (C=O) groups excluding carboxylic acids is 1. The molecule has 1 saturated heterocycles. The van der Waals surface area contributed by atoms with Gasteiger partial charge < -0.3 is 20.3 Å². The smallest absolute Gasteiger partial charge is 0.254 e. The first-order valence-electron chi connectivity index (χ1n) is 8.04. The van der Waals surface area contributed by atoms with Crippen LogP contribution in [0.25, 0.3) is 0 Å². The van der Waals surface area contributed by atoms with Gasteiger partial charge in [-0.3, -0.25) is 9.78 Å². The fraction of sp³-hybridized carbons (Fsp3) is 0.333. The summed E-state index contributed by atoms with van der Waals surface area (Å²) in [6.07, 6.45) is 1.64. The number of hydrogen-bond donors (Lipinski definition) is 1. The third-order valence-corrected chi connectivity index (χ3v) is 4.26. The van der Waals surface area contributed by atoms with E-state index in [2.05, 4.69) is 16.0 Å². The first kappa shape index (κ1) is 16.3. The Balaban J connectivity index is 1.64. The second-order valence-corrected chi connectivity index (χ2v) is 5.72. The molecule has 2 aromatic rings. The fourth-order valence-electron chi connectivity index (χ4n) is 2.88. The number of anilines is 1. The maximum absolute atomic E-state index is 12.6. The standard InChI is InChI=1S/C18H22N4O2/c1-24-17-4-2-3-16(12-17)21-7-9-22(10-8-21)18(23)14-5-6-20-15(11-14)13-19/h2-6,11-12H,7-10,13,19H2,1H3. The molecule has 1 fully saturated rings. The van der Waals surface area contributed by atoms with Crippen molar-refractivity contribution < 1.29 is 9.53 Å². The average molecular weight is 326 g/mol. The van der Waals surface area contributed by atoms with Crippen molar-refractivity contribution in [3.05, 3.63) is 53.9 Å². The van der Waals surface area contributed by atoms with E-state index in [0.29, 0.717) is 25.2 Å². The van der Waals surface area contributed by atoms with Crippen molar-refractivity contribution in [3.63, 3.8) is 0 Å². The Morgan fingerprint density at radius 1 is 1.21 bits per heavy atom. The highest BCUT2D eigenvalue weighted by atomic mass is 16.5. The minimum absolute atomic E-state index is 0.0393. The number of pyridine rings is 1. The molecule has 0 radical (unpaired) electrons. The molecule has 1 aliphatic rings. The van der Waals surface area contributed by atoms with Crippen LogP contribution < -0.4 is 15.4 Å². The van der Waals surface area contributed by atoms with Crippen molar-refractivity contribution >= 4 is 11.6 Å². The Hall–Kier alpha value is -2.60. The van der Waals surface area contributed by atoms with Crippen LogP contribution in [0.1, 0.15) is 16.1 Å². The van der Waals surface area contributed by atoms with E-state index in [1.54, 1.807) is 25.4 Å². The predicted octanol–water partition coefficient (Wildman–Crippen LogP) is 1.51. The SMILES string of the molecule is COc1cccc(N2CCN(C(=O)c3ccnc(CN)c3)CC2)c1. The number of methoxy groups -OCH3 is 1. The van der Waals surface area contributed by atoms with E-state index in [9.17, 15) is 4.79 Å². The Morgan fingerprint density at radius 2 is 2.00 bits per heavy atom. The van der Waals surface area contributed by atoms with E-state index in [0.717, 1.165) is 30.2 Å². The molecule has 0 unspecified atom stereocenters. The number of carbonyl (C=O) groups is 1. The summed E-state index contributed by atoms with van der Waals surface area (Å²) in [6.45, 7) is 3.32. The quantitative estimate of drug-likeness (QED) is 0.922. The zero-order valence-corrected chi connectivity index (χ0v) is 13.8. The summed E-state index contributed by atoms with van der Waals surface area (Å²) in [7, 11) is 1.67. The van der Waals surface area contributed by atoms with Crippen LogP contribution >= 0.6 is 0 Å². The summed E-state index contributed by atoms with van der Waals surface area (Å²) in [5, 5.41) is 0. The van der Waals surface area contributed by atoms with Gasteiger partial charge in [-0.15, -0.1) is 0 Å². The topological polar surface area (TPSA) is 71.7 Å². The molecule has 126 valence electrons. The van der Waals surface area contributed by atoms with Crippen molar-refractivity contribution in [2.75, 3.05) is 38.2 Å². The van der Waals surface area contributed by atoms with Gasteiger partial charge in [0.15, 0.2) is 0 Å². The molecule has 0 atom stereocenters. The van der Waals surface area contributed by atoms with Gasteiger partial charge in [-0.1, -0.05) is 6.07 Å². The number of rotatable bonds is 4. The Kier molecular flexibility index (Phi) is 4.96. The van der Waals surface area contributed by atoms with Crippen LogP contribution in [0.4, 0.5) is 5.69 Å². The van der Waals surface area contributed by atoms with E-state index in [1.807, 2.05) is 23.1 Å². The van der Waals surface area contributed by atoms with Crippen molar-refractivity contribution in [2.45, 2.75) is 6.54 Å². The zero-order chi connectivity index (χ0) is 16.9. The van der Waals surface area contributed by atoms with Gasteiger partial charge in [0.2, 0.25) is 0 Å². The molecule has 24 heavy (non-hydrogen) atoms. The number of hydrogen-bond acceptors (Lipinski definition) is 5. The highest BCUT2D eigenvalue weighted by molar-refractivity contribution is 5.94.